The maximum Gasteiger partial charge on any atom is 0.338 e. The van der Waals surface area contributed by atoms with E-state index in [0.717, 1.165) is 12.8 Å². The molecule has 0 spiro atoms. The van der Waals surface area contributed by atoms with E-state index in [1.807, 2.05) is 13.0 Å². The number of esters is 1. The lowest BCUT2D eigenvalue weighted by atomic mass is 10.0. The number of halogens is 1. The van der Waals surface area contributed by atoms with Crippen LogP contribution >= 0.6 is 11.6 Å². The van der Waals surface area contributed by atoms with Gasteiger partial charge in [0.25, 0.3) is 5.91 Å². The highest BCUT2D eigenvalue weighted by Gasteiger charge is 2.31. The number of carbonyl (C=O) groups excluding carboxylic acids is 2. The van der Waals surface area contributed by atoms with Crippen LogP contribution in [0.5, 0.6) is 0 Å². The molecule has 1 aliphatic heterocycles. The Kier molecular flexibility index (Phi) is 7.51. The van der Waals surface area contributed by atoms with E-state index in [1.165, 1.54) is 22.5 Å². The van der Waals surface area contributed by atoms with E-state index >= 15 is 0 Å². The van der Waals surface area contributed by atoms with Crippen LogP contribution in [0.1, 0.15) is 35.7 Å². The summed E-state index contributed by atoms with van der Waals surface area (Å²) in [5, 5.41) is 11.6. The Morgan fingerprint density at radius 1 is 1.28 bits per heavy atom. The molecule has 1 fully saturated rings. The molecule has 1 atom stereocenters. The number of para-hydroxylation sites is 1. The lowest BCUT2D eigenvalue weighted by Gasteiger charge is -2.30. The predicted octanol–water partition coefficient (Wildman–Crippen LogP) is 3.43. The predicted molar refractivity (Wildman–Crippen MR) is 119 cm³/mol. The zero-order chi connectivity index (χ0) is 23.3. The van der Waals surface area contributed by atoms with Gasteiger partial charge in [-0.2, -0.15) is 9.57 Å². The molecule has 32 heavy (non-hydrogen) atoms. The third kappa shape index (κ3) is 5.46. The molecule has 2 aromatic carbocycles. The van der Waals surface area contributed by atoms with Crippen LogP contribution in [0.4, 0.5) is 5.69 Å². The molecule has 168 valence electrons. The normalized spacial score (nSPS) is 16.7. The van der Waals surface area contributed by atoms with Crippen LogP contribution in [0.3, 0.4) is 0 Å². The van der Waals surface area contributed by atoms with Gasteiger partial charge >= 0.3 is 5.97 Å². The summed E-state index contributed by atoms with van der Waals surface area (Å²) in [6.07, 6.45) is 1.71. The molecule has 1 N–H and O–H groups in total. The average Bonchev–Trinajstić information content (AvgIpc) is 2.78. The minimum atomic E-state index is -3.88. The first-order valence-electron chi connectivity index (χ1n) is 9.98. The van der Waals surface area contributed by atoms with Gasteiger partial charge in [0.15, 0.2) is 6.61 Å². The molecule has 0 aliphatic carbocycles. The molecule has 1 saturated heterocycles. The van der Waals surface area contributed by atoms with Crippen molar-refractivity contribution in [2.24, 2.45) is 5.92 Å². The Hall–Kier alpha value is -2.93. The van der Waals surface area contributed by atoms with Gasteiger partial charge in [-0.1, -0.05) is 30.7 Å². The molecule has 0 radical (unpaired) electrons. The number of carbonyl (C=O) groups is 2. The molecule has 8 nitrogen and oxygen atoms in total. The van der Waals surface area contributed by atoms with Crippen molar-refractivity contribution in [3.8, 4) is 6.07 Å². The van der Waals surface area contributed by atoms with Gasteiger partial charge < -0.3 is 10.1 Å². The van der Waals surface area contributed by atoms with E-state index in [2.05, 4.69) is 5.32 Å². The Balaban J connectivity index is 1.70. The number of nitrogens with zero attached hydrogens (tertiary/aromatic N) is 2. The van der Waals surface area contributed by atoms with Crippen molar-refractivity contribution >= 4 is 39.2 Å². The number of benzene rings is 2. The molecular formula is C22H22ClN3O5S. The van der Waals surface area contributed by atoms with Crippen LogP contribution in [0.15, 0.2) is 47.4 Å². The van der Waals surface area contributed by atoms with E-state index in [0.29, 0.717) is 18.8 Å². The van der Waals surface area contributed by atoms with Crippen LogP contribution in [0, 0.1) is 17.2 Å². The molecule has 0 bridgehead atoms. The number of rotatable bonds is 6. The minimum absolute atomic E-state index is 0.00521. The fourth-order valence-corrected chi connectivity index (χ4v) is 5.52. The topological polar surface area (TPSA) is 117 Å². The molecule has 1 unspecified atom stereocenters. The second-order valence-electron chi connectivity index (χ2n) is 7.54. The second kappa shape index (κ2) is 10.1. The number of hydrogen-bond donors (Lipinski definition) is 1. The highest BCUT2D eigenvalue weighted by Crippen LogP contribution is 2.29. The Labute approximate surface area is 191 Å². The average molecular weight is 476 g/mol. The van der Waals surface area contributed by atoms with Crippen molar-refractivity contribution in [2.75, 3.05) is 25.0 Å². The summed E-state index contributed by atoms with van der Waals surface area (Å²) >= 11 is 6.14. The molecule has 0 aromatic heterocycles. The van der Waals surface area contributed by atoms with Crippen molar-refractivity contribution in [2.45, 2.75) is 24.7 Å². The molecule has 3 rings (SSSR count). The SMILES string of the molecule is CC1CCCN(S(=O)(=O)c2cc(C(=O)OCC(=O)Nc3ccccc3C#N)ccc2Cl)C1. The highest BCUT2D eigenvalue weighted by molar-refractivity contribution is 7.89. The number of ether oxygens (including phenoxy) is 1. The minimum Gasteiger partial charge on any atom is -0.452 e. The largest absolute Gasteiger partial charge is 0.452 e. The zero-order valence-electron chi connectivity index (χ0n) is 17.4. The van der Waals surface area contributed by atoms with Crippen molar-refractivity contribution < 1.29 is 22.7 Å². The Bertz CT molecular complexity index is 1180. The maximum absolute atomic E-state index is 13.1. The molecular weight excluding hydrogens is 454 g/mol. The van der Waals surface area contributed by atoms with E-state index in [9.17, 15) is 18.0 Å². The standard InChI is InChI=1S/C22H22ClN3O5S/c1-15-5-4-10-26(13-15)32(29,30)20-11-16(8-9-18(20)23)22(28)31-14-21(27)25-19-7-3-2-6-17(19)12-24/h2-3,6-9,11,15H,4-5,10,13-14H2,1H3,(H,25,27). The van der Waals surface area contributed by atoms with Gasteiger partial charge in [-0.25, -0.2) is 13.2 Å². The summed E-state index contributed by atoms with van der Waals surface area (Å²) in [5.74, 6) is -1.27. The summed E-state index contributed by atoms with van der Waals surface area (Å²) in [6.45, 7) is 2.16. The Morgan fingerprint density at radius 2 is 2.03 bits per heavy atom. The second-order valence-corrected chi connectivity index (χ2v) is 9.85. The highest BCUT2D eigenvalue weighted by atomic mass is 35.5. The van der Waals surface area contributed by atoms with E-state index in [4.69, 9.17) is 21.6 Å². The summed E-state index contributed by atoms with van der Waals surface area (Å²) < 4.78 is 32.5. The maximum atomic E-state index is 13.1. The van der Waals surface area contributed by atoms with Gasteiger partial charge in [0, 0.05) is 13.1 Å². The summed E-state index contributed by atoms with van der Waals surface area (Å²) in [7, 11) is -3.88. The van der Waals surface area contributed by atoms with Crippen LogP contribution in [0.2, 0.25) is 5.02 Å². The monoisotopic (exact) mass is 475 g/mol. The van der Waals surface area contributed by atoms with Crippen LogP contribution in [-0.4, -0.2) is 44.3 Å². The van der Waals surface area contributed by atoms with Gasteiger partial charge in [-0.05, 0) is 49.1 Å². The number of sulfonamides is 1. The van der Waals surface area contributed by atoms with Gasteiger partial charge in [0.1, 0.15) is 11.0 Å². The summed E-state index contributed by atoms with van der Waals surface area (Å²) in [5.41, 5.74) is 0.529. The summed E-state index contributed by atoms with van der Waals surface area (Å²) in [4.78, 5) is 24.4. The first kappa shape index (κ1) is 23.7. The molecule has 10 heteroatoms. The van der Waals surface area contributed by atoms with Gasteiger partial charge in [-0.15, -0.1) is 0 Å². The number of nitrogens with one attached hydrogen (secondary N) is 1. The van der Waals surface area contributed by atoms with Crippen molar-refractivity contribution in [1.29, 1.82) is 5.26 Å². The van der Waals surface area contributed by atoms with E-state index in [1.54, 1.807) is 24.3 Å². The van der Waals surface area contributed by atoms with Crippen molar-refractivity contribution in [3.05, 3.63) is 58.6 Å². The number of nitriles is 1. The molecule has 1 amide bonds. The van der Waals surface area contributed by atoms with Crippen molar-refractivity contribution in [1.82, 2.24) is 4.31 Å². The van der Waals surface area contributed by atoms with Gasteiger partial charge in [0.05, 0.1) is 21.8 Å². The lowest BCUT2D eigenvalue weighted by molar-refractivity contribution is -0.119. The lowest BCUT2D eigenvalue weighted by Crippen LogP contribution is -2.39. The molecule has 0 saturated carbocycles. The fourth-order valence-electron chi connectivity index (χ4n) is 3.42. The summed E-state index contributed by atoms with van der Waals surface area (Å²) in [6, 6.07) is 12.2. The fraction of sp³-hybridized carbons (Fsp3) is 0.318. The van der Waals surface area contributed by atoms with Gasteiger partial charge in [0.2, 0.25) is 10.0 Å². The first-order chi connectivity index (χ1) is 15.2. The smallest absolute Gasteiger partial charge is 0.338 e. The molecule has 1 heterocycles. The van der Waals surface area contributed by atoms with E-state index < -0.39 is 28.5 Å². The zero-order valence-corrected chi connectivity index (χ0v) is 18.9. The Morgan fingerprint density at radius 3 is 2.75 bits per heavy atom. The number of piperidine rings is 1. The van der Waals surface area contributed by atoms with Crippen LogP contribution in [-0.2, 0) is 19.6 Å². The van der Waals surface area contributed by atoms with Crippen LogP contribution in [0.25, 0.3) is 0 Å². The molecule has 1 aliphatic rings. The van der Waals surface area contributed by atoms with Crippen LogP contribution < -0.4 is 5.32 Å². The third-order valence-electron chi connectivity index (χ3n) is 5.06. The third-order valence-corrected chi connectivity index (χ3v) is 7.41. The number of amides is 1. The van der Waals surface area contributed by atoms with Crippen molar-refractivity contribution in [3.63, 3.8) is 0 Å². The first-order valence-corrected chi connectivity index (χ1v) is 11.8. The quantitative estimate of drug-likeness (QED) is 0.640. The van der Waals surface area contributed by atoms with Gasteiger partial charge in [-0.3, -0.25) is 4.79 Å². The number of hydrogen-bond acceptors (Lipinski definition) is 6. The number of anilines is 1. The molecule has 2 aromatic rings. The van der Waals surface area contributed by atoms with E-state index in [-0.39, 0.29) is 27.0 Å².